The number of carbonyl (C=O) groups is 2. The maximum absolute atomic E-state index is 12.2. The van der Waals surface area contributed by atoms with Crippen molar-refractivity contribution in [2.24, 2.45) is 0 Å². The molecule has 5 nitrogen and oxygen atoms in total. The molecule has 0 aromatic heterocycles. The molecule has 5 heteroatoms. The van der Waals surface area contributed by atoms with Crippen LogP contribution in [0.3, 0.4) is 0 Å². The minimum atomic E-state index is -0.155. The van der Waals surface area contributed by atoms with Gasteiger partial charge in [0.25, 0.3) is 0 Å². The third kappa shape index (κ3) is 5.55. The Balaban J connectivity index is 1.73. The number of piperazine rings is 1. The number of unbranched alkanes of at least 4 members (excludes halogenated alkanes) is 2. The summed E-state index contributed by atoms with van der Waals surface area (Å²) in [6.07, 6.45) is 3.18. The van der Waals surface area contributed by atoms with Gasteiger partial charge in [-0.15, -0.1) is 0 Å². The first-order valence-corrected chi connectivity index (χ1v) is 8.96. The predicted octanol–water partition coefficient (Wildman–Crippen LogP) is 2.34. The second kappa shape index (κ2) is 9.30. The Morgan fingerprint density at radius 2 is 1.88 bits per heavy atom. The van der Waals surface area contributed by atoms with Crippen LogP contribution in [0.5, 0.6) is 0 Å². The molecule has 1 aliphatic heterocycles. The van der Waals surface area contributed by atoms with Gasteiger partial charge in [-0.25, -0.2) is 0 Å². The SMILES string of the molecule is CCCCCNC(=O)CC(=O)N1CCN(c2cccc(C)c2)CC1. The summed E-state index contributed by atoms with van der Waals surface area (Å²) < 4.78 is 0. The number of hydrogen-bond acceptors (Lipinski definition) is 3. The molecule has 132 valence electrons. The number of benzene rings is 1. The molecule has 1 aromatic carbocycles. The highest BCUT2D eigenvalue weighted by Crippen LogP contribution is 2.18. The Bertz CT molecular complexity index is 551. The number of nitrogens with one attached hydrogen (secondary N) is 1. The summed E-state index contributed by atoms with van der Waals surface area (Å²) in [4.78, 5) is 28.2. The minimum Gasteiger partial charge on any atom is -0.368 e. The van der Waals surface area contributed by atoms with E-state index in [0.717, 1.165) is 32.4 Å². The highest BCUT2D eigenvalue weighted by molar-refractivity contribution is 5.96. The standard InChI is InChI=1S/C19H29N3O2/c1-3-4-5-9-20-18(23)15-19(24)22-12-10-21(11-13-22)17-8-6-7-16(2)14-17/h6-8,14H,3-5,9-13,15H2,1-2H3,(H,20,23). The quantitative estimate of drug-likeness (QED) is 0.616. The van der Waals surface area contributed by atoms with Crippen molar-refractivity contribution in [3.05, 3.63) is 29.8 Å². The van der Waals surface area contributed by atoms with Crippen LogP contribution in [0.2, 0.25) is 0 Å². The van der Waals surface area contributed by atoms with Gasteiger partial charge in [-0.05, 0) is 31.0 Å². The first kappa shape index (κ1) is 18.3. The Kier molecular flexibility index (Phi) is 7.09. The summed E-state index contributed by atoms with van der Waals surface area (Å²) >= 11 is 0. The van der Waals surface area contributed by atoms with Gasteiger partial charge in [0.05, 0.1) is 0 Å². The van der Waals surface area contributed by atoms with Crippen LogP contribution < -0.4 is 10.2 Å². The molecule has 1 heterocycles. The van der Waals surface area contributed by atoms with Gasteiger partial charge in [0.2, 0.25) is 11.8 Å². The van der Waals surface area contributed by atoms with Gasteiger partial charge >= 0.3 is 0 Å². The van der Waals surface area contributed by atoms with E-state index in [9.17, 15) is 9.59 Å². The number of amides is 2. The van der Waals surface area contributed by atoms with Crippen molar-refractivity contribution in [3.63, 3.8) is 0 Å². The minimum absolute atomic E-state index is 0.0312. The van der Waals surface area contributed by atoms with E-state index in [1.54, 1.807) is 4.90 Å². The third-order valence-corrected chi connectivity index (χ3v) is 4.41. The van der Waals surface area contributed by atoms with Crippen molar-refractivity contribution >= 4 is 17.5 Å². The molecular formula is C19H29N3O2. The summed E-state index contributed by atoms with van der Waals surface area (Å²) in [7, 11) is 0. The van der Waals surface area contributed by atoms with E-state index in [1.165, 1.54) is 11.3 Å². The van der Waals surface area contributed by atoms with E-state index in [1.807, 2.05) is 0 Å². The Morgan fingerprint density at radius 3 is 2.54 bits per heavy atom. The lowest BCUT2D eigenvalue weighted by Crippen LogP contribution is -2.49. The molecule has 2 amide bonds. The molecule has 2 rings (SSSR count). The number of nitrogens with zero attached hydrogens (tertiary/aromatic N) is 2. The van der Waals surface area contributed by atoms with Crippen molar-refractivity contribution in [2.75, 3.05) is 37.6 Å². The summed E-state index contributed by atoms with van der Waals surface area (Å²) in [6, 6.07) is 8.42. The van der Waals surface area contributed by atoms with E-state index in [2.05, 4.69) is 48.3 Å². The normalized spacial score (nSPS) is 14.6. The molecule has 1 aromatic rings. The van der Waals surface area contributed by atoms with Gasteiger partial charge in [-0.3, -0.25) is 9.59 Å². The molecule has 0 saturated carbocycles. The molecule has 0 radical (unpaired) electrons. The molecule has 24 heavy (non-hydrogen) atoms. The average Bonchev–Trinajstić information content (AvgIpc) is 2.59. The fourth-order valence-corrected chi connectivity index (χ4v) is 2.95. The number of rotatable bonds is 7. The molecule has 0 atom stereocenters. The summed E-state index contributed by atoms with van der Waals surface area (Å²) in [5.41, 5.74) is 2.45. The summed E-state index contributed by atoms with van der Waals surface area (Å²) in [5, 5.41) is 2.83. The van der Waals surface area contributed by atoms with Gasteiger partial charge in [0.1, 0.15) is 6.42 Å². The average molecular weight is 331 g/mol. The van der Waals surface area contributed by atoms with Crippen LogP contribution >= 0.6 is 0 Å². The van der Waals surface area contributed by atoms with E-state index in [4.69, 9.17) is 0 Å². The number of anilines is 1. The van der Waals surface area contributed by atoms with Crippen LogP contribution in [-0.4, -0.2) is 49.4 Å². The van der Waals surface area contributed by atoms with Crippen LogP contribution in [0, 0.1) is 6.92 Å². The molecular weight excluding hydrogens is 302 g/mol. The third-order valence-electron chi connectivity index (χ3n) is 4.41. The molecule has 1 N–H and O–H groups in total. The number of carbonyl (C=O) groups excluding carboxylic acids is 2. The zero-order valence-corrected chi connectivity index (χ0v) is 14.9. The Hall–Kier alpha value is -2.04. The van der Waals surface area contributed by atoms with Crippen molar-refractivity contribution < 1.29 is 9.59 Å². The van der Waals surface area contributed by atoms with Crippen LogP contribution in [0.25, 0.3) is 0 Å². The van der Waals surface area contributed by atoms with E-state index < -0.39 is 0 Å². The Labute approximate surface area is 145 Å². The van der Waals surface area contributed by atoms with Crippen molar-refractivity contribution in [1.29, 1.82) is 0 Å². The Morgan fingerprint density at radius 1 is 1.12 bits per heavy atom. The fourth-order valence-electron chi connectivity index (χ4n) is 2.95. The van der Waals surface area contributed by atoms with Gasteiger partial charge in [0, 0.05) is 38.4 Å². The van der Waals surface area contributed by atoms with Crippen LogP contribution in [-0.2, 0) is 9.59 Å². The van der Waals surface area contributed by atoms with Crippen molar-refractivity contribution in [2.45, 2.75) is 39.5 Å². The lowest BCUT2D eigenvalue weighted by molar-refractivity contribution is -0.136. The molecule has 0 unspecified atom stereocenters. The zero-order valence-electron chi connectivity index (χ0n) is 14.9. The highest BCUT2D eigenvalue weighted by atomic mass is 16.2. The van der Waals surface area contributed by atoms with E-state index in [0.29, 0.717) is 19.6 Å². The van der Waals surface area contributed by atoms with E-state index in [-0.39, 0.29) is 18.2 Å². The smallest absolute Gasteiger partial charge is 0.232 e. The monoisotopic (exact) mass is 331 g/mol. The first-order valence-electron chi connectivity index (χ1n) is 8.96. The van der Waals surface area contributed by atoms with Gasteiger partial charge in [-0.1, -0.05) is 31.9 Å². The molecule has 1 fully saturated rings. The summed E-state index contributed by atoms with van der Waals surface area (Å²) in [5.74, 6) is -0.218. The van der Waals surface area contributed by atoms with Crippen molar-refractivity contribution in [1.82, 2.24) is 10.2 Å². The van der Waals surface area contributed by atoms with Crippen LogP contribution in [0.1, 0.15) is 38.2 Å². The predicted molar refractivity (Wildman–Crippen MR) is 97.1 cm³/mol. The van der Waals surface area contributed by atoms with Gasteiger partial charge in [-0.2, -0.15) is 0 Å². The maximum Gasteiger partial charge on any atom is 0.232 e. The topological polar surface area (TPSA) is 52.7 Å². The molecule has 0 aliphatic carbocycles. The zero-order chi connectivity index (χ0) is 17.4. The second-order valence-corrected chi connectivity index (χ2v) is 6.44. The van der Waals surface area contributed by atoms with Crippen LogP contribution in [0.4, 0.5) is 5.69 Å². The molecule has 1 saturated heterocycles. The number of hydrogen-bond donors (Lipinski definition) is 1. The maximum atomic E-state index is 12.2. The number of aryl methyl sites for hydroxylation is 1. The van der Waals surface area contributed by atoms with Crippen LogP contribution in [0.15, 0.2) is 24.3 Å². The van der Waals surface area contributed by atoms with Gasteiger partial charge < -0.3 is 15.1 Å². The molecule has 0 bridgehead atoms. The van der Waals surface area contributed by atoms with E-state index >= 15 is 0 Å². The lowest BCUT2D eigenvalue weighted by atomic mass is 10.2. The fraction of sp³-hybridized carbons (Fsp3) is 0.579. The first-order chi connectivity index (χ1) is 11.6. The largest absolute Gasteiger partial charge is 0.368 e. The lowest BCUT2D eigenvalue weighted by Gasteiger charge is -2.36. The van der Waals surface area contributed by atoms with Gasteiger partial charge in [0.15, 0.2) is 0 Å². The summed E-state index contributed by atoms with van der Waals surface area (Å²) in [6.45, 7) is 7.86. The van der Waals surface area contributed by atoms with Crippen molar-refractivity contribution in [3.8, 4) is 0 Å². The highest BCUT2D eigenvalue weighted by Gasteiger charge is 2.22. The molecule has 0 spiro atoms. The second-order valence-electron chi connectivity index (χ2n) is 6.44. The molecule has 1 aliphatic rings.